The number of anilines is 2. The molecule has 0 radical (unpaired) electrons. The molecule has 5 fully saturated rings. The van der Waals surface area contributed by atoms with E-state index in [0.29, 0.717) is 23.2 Å². The predicted octanol–water partition coefficient (Wildman–Crippen LogP) is 8.84. The van der Waals surface area contributed by atoms with Crippen molar-refractivity contribution in [1.82, 2.24) is 24.9 Å². The summed E-state index contributed by atoms with van der Waals surface area (Å²) < 4.78 is 2.06. The molecule has 4 aromatic rings. The van der Waals surface area contributed by atoms with Crippen molar-refractivity contribution in [2.45, 2.75) is 102 Å². The first-order chi connectivity index (χ1) is 23.1. The highest BCUT2D eigenvalue weighted by Crippen LogP contribution is 2.54. The zero-order valence-electron chi connectivity index (χ0n) is 28.5. The molecule has 0 amide bonds. The lowest BCUT2D eigenvalue weighted by Crippen LogP contribution is -2.46. The Kier molecular flexibility index (Phi) is 8.12. The molecule has 4 bridgehead atoms. The minimum atomic E-state index is 0.0472. The van der Waals surface area contributed by atoms with Crippen LogP contribution in [0.25, 0.3) is 22.2 Å². The number of nitrogens with zero attached hydrogens (tertiary/aromatic N) is 6. The normalized spacial score (nSPS) is 26.0. The average Bonchev–Trinajstić information content (AvgIpc) is 3.48. The van der Waals surface area contributed by atoms with Gasteiger partial charge in [0.1, 0.15) is 11.8 Å². The van der Waals surface area contributed by atoms with Gasteiger partial charge < -0.3 is 10.6 Å². The number of benzene rings is 2. The number of piperidine rings is 1. The number of nitrogens with one attached hydrogen (secondary N) is 2. The van der Waals surface area contributed by atoms with Crippen molar-refractivity contribution < 1.29 is 0 Å². The maximum atomic E-state index is 10.2. The van der Waals surface area contributed by atoms with Gasteiger partial charge in [0.15, 0.2) is 0 Å². The summed E-state index contributed by atoms with van der Waals surface area (Å²) in [6.45, 7) is 9.68. The highest BCUT2D eigenvalue weighted by Gasteiger charge is 2.48. The third kappa shape index (κ3) is 6.16. The molecule has 4 aliphatic carbocycles. The quantitative estimate of drug-likeness (QED) is 0.204. The molecule has 48 heavy (non-hydrogen) atoms. The van der Waals surface area contributed by atoms with Crippen LogP contribution in [-0.4, -0.2) is 49.0 Å². The van der Waals surface area contributed by atoms with Crippen molar-refractivity contribution in [1.29, 1.82) is 5.26 Å². The Morgan fingerprint density at radius 2 is 1.73 bits per heavy atom. The molecule has 250 valence electrons. The van der Waals surface area contributed by atoms with Crippen LogP contribution in [-0.2, 0) is 6.54 Å². The molecule has 3 heterocycles. The lowest BCUT2D eigenvalue weighted by Gasteiger charge is -2.46. The fourth-order valence-corrected chi connectivity index (χ4v) is 9.81. The van der Waals surface area contributed by atoms with Gasteiger partial charge in [-0.2, -0.15) is 5.26 Å². The zero-order valence-corrected chi connectivity index (χ0v) is 29.2. The molecule has 1 aliphatic heterocycles. The Labute approximate surface area is 289 Å². The van der Waals surface area contributed by atoms with Crippen LogP contribution in [0.5, 0.6) is 0 Å². The second-order valence-electron chi connectivity index (χ2n) is 16.2. The minimum absolute atomic E-state index is 0.0472. The van der Waals surface area contributed by atoms with Crippen LogP contribution in [0.3, 0.4) is 0 Å². The standard InChI is InChI=1S/C39H47ClN8/c1-38(2,3)47-12-9-32(10-13-47)48-24-35(45-46-48)29-6-4-25(5-7-29)22-42-31-17-33-36(30(21-41)23-43-37(33)34(40)18-31)44-39-11-8-26-14-27(19-39)16-28(15-26)20-39/h4-7,17-18,23-24,26-28,32,42H,8-16,19-20,22H2,1-3H3,(H,43,44). The van der Waals surface area contributed by atoms with Gasteiger partial charge in [0.2, 0.25) is 0 Å². The SMILES string of the molecule is CC(C)(C)N1CCC(n2cc(-c3ccc(CNc4cc(Cl)c5ncc(C#N)c(NC67CCC8CC(CC(C8)C6)C7)c5c4)cc3)nn2)CC1. The van der Waals surface area contributed by atoms with Crippen molar-refractivity contribution in [2.75, 3.05) is 23.7 Å². The number of hydrogen-bond donors (Lipinski definition) is 2. The number of fused-ring (bicyclic) bond motifs is 2. The van der Waals surface area contributed by atoms with Gasteiger partial charge in [0, 0.05) is 53.5 Å². The summed E-state index contributed by atoms with van der Waals surface area (Å²) in [5.41, 5.74) is 6.52. The lowest BCUT2D eigenvalue weighted by atomic mass is 9.65. The molecular formula is C39H47ClN8. The number of likely N-dealkylation sites (tertiary alicyclic amines) is 1. The first-order valence-corrected chi connectivity index (χ1v) is 18.3. The number of nitriles is 1. The summed E-state index contributed by atoms with van der Waals surface area (Å²) in [4.78, 5) is 7.19. The Morgan fingerprint density at radius 3 is 2.44 bits per heavy atom. The molecule has 2 unspecified atom stereocenters. The Morgan fingerprint density at radius 1 is 1.00 bits per heavy atom. The minimum Gasteiger partial charge on any atom is -0.381 e. The Balaban J connectivity index is 0.974. The van der Waals surface area contributed by atoms with Gasteiger partial charge in [-0.3, -0.25) is 9.88 Å². The maximum absolute atomic E-state index is 10.2. The summed E-state index contributed by atoms with van der Waals surface area (Å²) in [6.07, 6.45) is 15.0. The van der Waals surface area contributed by atoms with Crippen molar-refractivity contribution >= 4 is 33.9 Å². The number of pyridine rings is 1. The molecule has 0 spiro atoms. The van der Waals surface area contributed by atoms with Crippen molar-refractivity contribution in [3.63, 3.8) is 0 Å². The first-order valence-electron chi connectivity index (χ1n) is 18.0. The van der Waals surface area contributed by atoms with Crippen LogP contribution < -0.4 is 10.6 Å². The summed E-state index contributed by atoms with van der Waals surface area (Å²) in [5, 5.41) is 28.3. The molecule has 4 saturated carbocycles. The monoisotopic (exact) mass is 662 g/mol. The fourth-order valence-electron chi connectivity index (χ4n) is 9.54. The number of hydrogen-bond acceptors (Lipinski definition) is 7. The summed E-state index contributed by atoms with van der Waals surface area (Å²) in [7, 11) is 0. The van der Waals surface area contributed by atoms with E-state index in [1.165, 1.54) is 44.9 Å². The van der Waals surface area contributed by atoms with Crippen molar-refractivity contribution in [2.24, 2.45) is 17.8 Å². The van der Waals surface area contributed by atoms with Crippen molar-refractivity contribution in [3.8, 4) is 17.3 Å². The fraction of sp³-hybridized carbons (Fsp3) is 0.538. The van der Waals surface area contributed by atoms with E-state index >= 15 is 0 Å². The van der Waals surface area contributed by atoms with Crippen LogP contribution in [0.1, 0.15) is 95.7 Å². The van der Waals surface area contributed by atoms with E-state index in [2.05, 4.69) is 98.9 Å². The molecule has 2 N–H and O–H groups in total. The second-order valence-corrected chi connectivity index (χ2v) is 16.6. The molecule has 9 rings (SSSR count). The van der Waals surface area contributed by atoms with Gasteiger partial charge >= 0.3 is 0 Å². The largest absolute Gasteiger partial charge is 0.381 e. The third-order valence-electron chi connectivity index (χ3n) is 11.9. The van der Waals surface area contributed by atoms with E-state index in [4.69, 9.17) is 11.6 Å². The van der Waals surface area contributed by atoms with Gasteiger partial charge in [-0.15, -0.1) is 5.10 Å². The van der Waals surface area contributed by atoms with Crippen LogP contribution in [0.4, 0.5) is 11.4 Å². The molecule has 9 heteroatoms. The van der Waals surface area contributed by atoms with E-state index in [1.807, 2.05) is 6.07 Å². The van der Waals surface area contributed by atoms with E-state index in [1.54, 1.807) is 6.20 Å². The van der Waals surface area contributed by atoms with Gasteiger partial charge in [-0.1, -0.05) is 41.1 Å². The van der Waals surface area contributed by atoms with Crippen LogP contribution in [0.15, 0.2) is 48.8 Å². The van der Waals surface area contributed by atoms with E-state index in [-0.39, 0.29) is 11.1 Å². The maximum Gasteiger partial charge on any atom is 0.113 e. The molecule has 2 aromatic heterocycles. The average molecular weight is 663 g/mol. The number of aromatic nitrogens is 4. The van der Waals surface area contributed by atoms with Gasteiger partial charge in [0.05, 0.1) is 34.0 Å². The predicted molar refractivity (Wildman–Crippen MR) is 193 cm³/mol. The summed E-state index contributed by atoms with van der Waals surface area (Å²) in [5.74, 6) is 2.47. The molecule has 1 saturated heterocycles. The Hall–Kier alpha value is -3.67. The molecule has 2 aromatic carbocycles. The topological polar surface area (TPSA) is 94.7 Å². The molecular weight excluding hydrogens is 616 g/mol. The lowest BCUT2D eigenvalue weighted by molar-refractivity contribution is 0.0866. The van der Waals surface area contributed by atoms with E-state index < -0.39 is 0 Å². The smallest absolute Gasteiger partial charge is 0.113 e. The summed E-state index contributed by atoms with van der Waals surface area (Å²) >= 11 is 6.86. The number of rotatable bonds is 7. The highest BCUT2D eigenvalue weighted by atomic mass is 35.5. The van der Waals surface area contributed by atoms with Crippen LogP contribution in [0, 0.1) is 29.1 Å². The van der Waals surface area contributed by atoms with Gasteiger partial charge in [-0.05, 0) is 114 Å². The molecule has 8 nitrogen and oxygen atoms in total. The van der Waals surface area contributed by atoms with E-state index in [0.717, 1.165) is 82.8 Å². The van der Waals surface area contributed by atoms with Gasteiger partial charge in [0.25, 0.3) is 0 Å². The molecule has 5 aliphatic rings. The van der Waals surface area contributed by atoms with Crippen LogP contribution >= 0.6 is 11.6 Å². The highest BCUT2D eigenvalue weighted by molar-refractivity contribution is 6.35. The summed E-state index contributed by atoms with van der Waals surface area (Å²) in [6, 6.07) is 15.4. The third-order valence-corrected chi connectivity index (χ3v) is 12.2. The van der Waals surface area contributed by atoms with Gasteiger partial charge in [-0.25, -0.2) is 4.68 Å². The van der Waals surface area contributed by atoms with Crippen LogP contribution in [0.2, 0.25) is 5.02 Å². The Bertz CT molecular complexity index is 1830. The first kappa shape index (κ1) is 31.6. The number of halogens is 1. The molecule has 2 atom stereocenters. The zero-order chi connectivity index (χ0) is 33.0. The van der Waals surface area contributed by atoms with E-state index in [9.17, 15) is 5.26 Å². The second kappa shape index (κ2) is 12.3. The van der Waals surface area contributed by atoms with Crippen molar-refractivity contribution in [3.05, 3.63) is 64.9 Å².